The third kappa shape index (κ3) is 2.97. The molecule has 0 aliphatic carbocycles. The second-order valence-electron chi connectivity index (χ2n) is 4.70. The van der Waals surface area contributed by atoms with Gasteiger partial charge in [-0.25, -0.2) is 8.42 Å². The lowest BCUT2D eigenvalue weighted by atomic mass is 10.2. The van der Waals surface area contributed by atoms with Crippen molar-refractivity contribution in [1.82, 2.24) is 9.21 Å². The van der Waals surface area contributed by atoms with Gasteiger partial charge in [0, 0.05) is 26.2 Å². The van der Waals surface area contributed by atoms with Crippen LogP contribution in [0.5, 0.6) is 0 Å². The van der Waals surface area contributed by atoms with Crippen LogP contribution in [0, 0.1) is 0 Å². The van der Waals surface area contributed by atoms with Gasteiger partial charge in [0.15, 0.2) is 0 Å². The summed E-state index contributed by atoms with van der Waals surface area (Å²) in [6.07, 6.45) is -4.68. The van der Waals surface area contributed by atoms with E-state index in [9.17, 15) is 21.6 Å². The van der Waals surface area contributed by atoms with Gasteiger partial charge in [-0.1, -0.05) is 12.1 Å². The number of nitrogens with zero attached hydrogens (tertiary/aromatic N) is 2. The Hall–Kier alpha value is -1.12. The predicted octanol–water partition coefficient (Wildman–Crippen LogP) is 1.64. The molecule has 1 fully saturated rings. The smallest absolute Gasteiger partial charge is 0.304 e. The average Bonchev–Trinajstić information content (AvgIpc) is 2.38. The fraction of sp³-hybridized carbons (Fsp3) is 0.500. The Morgan fingerprint density at radius 2 is 1.60 bits per heavy atom. The minimum Gasteiger partial charge on any atom is -0.304 e. The third-order valence-electron chi connectivity index (χ3n) is 3.27. The topological polar surface area (TPSA) is 40.6 Å². The summed E-state index contributed by atoms with van der Waals surface area (Å²) in [6, 6.07) is 4.30. The van der Waals surface area contributed by atoms with Crippen molar-refractivity contribution >= 4 is 10.0 Å². The molecule has 1 aromatic rings. The molecule has 0 saturated carbocycles. The summed E-state index contributed by atoms with van der Waals surface area (Å²) in [6.45, 7) is 1.41. The number of benzene rings is 1. The Morgan fingerprint density at radius 3 is 2.15 bits per heavy atom. The van der Waals surface area contributed by atoms with E-state index < -0.39 is 26.7 Å². The first-order valence-electron chi connectivity index (χ1n) is 6.08. The highest BCUT2D eigenvalue weighted by Gasteiger charge is 2.39. The molecule has 0 spiro atoms. The second-order valence-corrected chi connectivity index (χ2v) is 6.61. The predicted molar refractivity (Wildman–Crippen MR) is 67.7 cm³/mol. The van der Waals surface area contributed by atoms with Crippen molar-refractivity contribution < 1.29 is 21.6 Å². The molecule has 1 aliphatic rings. The molecule has 0 atom stereocenters. The van der Waals surface area contributed by atoms with Crippen LogP contribution in [0.15, 0.2) is 29.2 Å². The molecule has 0 N–H and O–H groups in total. The molecule has 2 rings (SSSR count). The van der Waals surface area contributed by atoms with E-state index in [1.807, 2.05) is 11.9 Å². The molecule has 0 amide bonds. The van der Waals surface area contributed by atoms with E-state index in [2.05, 4.69) is 0 Å². The lowest BCUT2D eigenvalue weighted by Crippen LogP contribution is -2.47. The number of hydrogen-bond acceptors (Lipinski definition) is 3. The first-order valence-corrected chi connectivity index (χ1v) is 7.52. The standard InChI is InChI=1S/C12H15F3N2O2S/c1-16-6-8-17(9-7-16)20(18,19)11-5-3-2-4-10(11)12(13,14)15/h2-5H,6-9H2,1H3. The number of piperazine rings is 1. The van der Waals surface area contributed by atoms with Gasteiger partial charge in [0.25, 0.3) is 0 Å². The van der Waals surface area contributed by atoms with Crippen LogP contribution in [0.25, 0.3) is 0 Å². The number of hydrogen-bond donors (Lipinski definition) is 0. The monoisotopic (exact) mass is 308 g/mol. The second kappa shape index (κ2) is 5.34. The largest absolute Gasteiger partial charge is 0.417 e. The van der Waals surface area contributed by atoms with Crippen molar-refractivity contribution in [3.05, 3.63) is 29.8 Å². The van der Waals surface area contributed by atoms with Gasteiger partial charge in [0.05, 0.1) is 10.5 Å². The summed E-state index contributed by atoms with van der Waals surface area (Å²) >= 11 is 0. The van der Waals surface area contributed by atoms with Crippen molar-refractivity contribution in [3.63, 3.8) is 0 Å². The zero-order chi connectivity index (χ0) is 15.0. The Bertz CT molecular complexity index is 579. The number of sulfonamides is 1. The zero-order valence-corrected chi connectivity index (χ0v) is 11.7. The van der Waals surface area contributed by atoms with Crippen LogP contribution >= 0.6 is 0 Å². The van der Waals surface area contributed by atoms with Crippen LogP contribution in [0.4, 0.5) is 13.2 Å². The van der Waals surface area contributed by atoms with Gasteiger partial charge < -0.3 is 4.90 Å². The highest BCUT2D eigenvalue weighted by molar-refractivity contribution is 7.89. The lowest BCUT2D eigenvalue weighted by molar-refractivity contribution is -0.139. The number of likely N-dealkylation sites (N-methyl/N-ethyl adjacent to an activating group) is 1. The quantitative estimate of drug-likeness (QED) is 0.834. The fourth-order valence-electron chi connectivity index (χ4n) is 2.09. The van der Waals surface area contributed by atoms with Crippen LogP contribution in [-0.4, -0.2) is 50.8 Å². The molecular formula is C12H15F3N2O2S. The molecule has 8 heteroatoms. The van der Waals surface area contributed by atoms with Gasteiger partial charge in [0.1, 0.15) is 0 Å². The highest BCUT2D eigenvalue weighted by atomic mass is 32.2. The average molecular weight is 308 g/mol. The normalized spacial score (nSPS) is 19.2. The maximum Gasteiger partial charge on any atom is 0.417 e. The molecule has 1 heterocycles. The molecule has 0 aromatic heterocycles. The Morgan fingerprint density at radius 1 is 1.05 bits per heavy atom. The minimum atomic E-state index is -4.68. The van der Waals surface area contributed by atoms with Crippen molar-refractivity contribution in [2.75, 3.05) is 33.2 Å². The first kappa shape index (κ1) is 15.3. The van der Waals surface area contributed by atoms with Gasteiger partial charge >= 0.3 is 6.18 Å². The maximum absolute atomic E-state index is 12.9. The van der Waals surface area contributed by atoms with Crippen molar-refractivity contribution in [2.45, 2.75) is 11.1 Å². The third-order valence-corrected chi connectivity index (χ3v) is 5.23. The molecule has 0 unspecified atom stereocenters. The highest BCUT2D eigenvalue weighted by Crippen LogP contribution is 2.35. The number of rotatable bonds is 2. The maximum atomic E-state index is 12.9. The fourth-order valence-corrected chi connectivity index (χ4v) is 3.73. The van der Waals surface area contributed by atoms with Crippen LogP contribution in [0.1, 0.15) is 5.56 Å². The molecule has 112 valence electrons. The van der Waals surface area contributed by atoms with E-state index in [0.717, 1.165) is 16.4 Å². The van der Waals surface area contributed by atoms with Gasteiger partial charge in [-0.2, -0.15) is 17.5 Å². The van der Waals surface area contributed by atoms with E-state index >= 15 is 0 Å². The number of alkyl halides is 3. The van der Waals surface area contributed by atoms with Crippen LogP contribution in [0.2, 0.25) is 0 Å². The lowest BCUT2D eigenvalue weighted by Gasteiger charge is -2.32. The summed E-state index contributed by atoms with van der Waals surface area (Å²) in [5.74, 6) is 0. The van der Waals surface area contributed by atoms with Crippen molar-refractivity contribution in [2.24, 2.45) is 0 Å². The van der Waals surface area contributed by atoms with Crippen LogP contribution < -0.4 is 0 Å². The zero-order valence-electron chi connectivity index (χ0n) is 10.9. The summed E-state index contributed by atoms with van der Waals surface area (Å²) in [5, 5.41) is 0. The first-order chi connectivity index (χ1) is 9.23. The Kier molecular flexibility index (Phi) is 4.08. The van der Waals surface area contributed by atoms with Crippen molar-refractivity contribution in [3.8, 4) is 0 Å². The van der Waals surface area contributed by atoms with Crippen LogP contribution in [0.3, 0.4) is 0 Å². The molecule has 0 radical (unpaired) electrons. The van der Waals surface area contributed by atoms with E-state index in [1.165, 1.54) is 12.1 Å². The Labute approximate surface area is 115 Å². The summed E-state index contributed by atoms with van der Waals surface area (Å²) in [7, 11) is -2.27. The van der Waals surface area contributed by atoms with Gasteiger partial charge in [-0.05, 0) is 19.2 Å². The molecule has 1 saturated heterocycles. The summed E-state index contributed by atoms with van der Waals surface area (Å²) in [5.41, 5.74) is -1.11. The molecule has 1 aliphatic heterocycles. The minimum absolute atomic E-state index is 0.199. The molecular weight excluding hydrogens is 293 g/mol. The van der Waals surface area contributed by atoms with E-state index in [4.69, 9.17) is 0 Å². The summed E-state index contributed by atoms with van der Waals surface area (Å²) < 4.78 is 64.6. The SMILES string of the molecule is CN1CCN(S(=O)(=O)c2ccccc2C(F)(F)F)CC1. The van der Waals surface area contributed by atoms with E-state index in [0.29, 0.717) is 13.1 Å². The molecule has 20 heavy (non-hydrogen) atoms. The Balaban J connectivity index is 2.40. The van der Waals surface area contributed by atoms with Crippen molar-refractivity contribution in [1.29, 1.82) is 0 Å². The molecule has 4 nitrogen and oxygen atoms in total. The molecule has 0 bridgehead atoms. The van der Waals surface area contributed by atoms with E-state index in [1.54, 1.807) is 0 Å². The van der Waals surface area contributed by atoms with Gasteiger partial charge in [-0.15, -0.1) is 0 Å². The summed E-state index contributed by atoms with van der Waals surface area (Å²) in [4.78, 5) is 1.26. The number of halogens is 3. The van der Waals surface area contributed by atoms with Crippen LogP contribution in [-0.2, 0) is 16.2 Å². The van der Waals surface area contributed by atoms with Gasteiger partial charge in [0.2, 0.25) is 10.0 Å². The molecule has 1 aromatic carbocycles. The van der Waals surface area contributed by atoms with E-state index in [-0.39, 0.29) is 13.1 Å². The van der Waals surface area contributed by atoms with Gasteiger partial charge in [-0.3, -0.25) is 0 Å².